The Bertz CT molecular complexity index is 845. The maximum Gasteiger partial charge on any atom is 0.329 e. The Morgan fingerprint density at radius 2 is 1.85 bits per heavy atom. The SMILES string of the molecule is O=C(NN=Cc1cccs1)C(=O)Nc1ccccc1C(=O)N1CCOCC1. The van der Waals surface area contributed by atoms with Crippen LogP contribution < -0.4 is 10.7 Å². The molecule has 2 N–H and O–H groups in total. The van der Waals surface area contributed by atoms with E-state index in [2.05, 4.69) is 15.8 Å². The first kappa shape index (κ1) is 18.7. The zero-order valence-electron chi connectivity index (χ0n) is 14.4. The third-order valence-electron chi connectivity index (χ3n) is 3.81. The van der Waals surface area contributed by atoms with E-state index >= 15 is 0 Å². The first-order chi connectivity index (χ1) is 13.1. The molecule has 0 spiro atoms. The predicted octanol–water partition coefficient (Wildman–Crippen LogP) is 1.31. The van der Waals surface area contributed by atoms with Gasteiger partial charge >= 0.3 is 11.8 Å². The molecule has 3 rings (SSSR count). The summed E-state index contributed by atoms with van der Waals surface area (Å²) >= 11 is 1.45. The van der Waals surface area contributed by atoms with E-state index in [9.17, 15) is 14.4 Å². The van der Waals surface area contributed by atoms with E-state index in [4.69, 9.17) is 4.74 Å². The number of morpholine rings is 1. The van der Waals surface area contributed by atoms with Crippen LogP contribution in [0.3, 0.4) is 0 Å². The Kier molecular flexibility index (Phi) is 6.29. The average Bonchev–Trinajstić information content (AvgIpc) is 3.22. The van der Waals surface area contributed by atoms with Crippen LogP contribution in [-0.2, 0) is 14.3 Å². The van der Waals surface area contributed by atoms with Crippen LogP contribution in [0, 0.1) is 0 Å². The molecular weight excluding hydrogens is 368 g/mol. The van der Waals surface area contributed by atoms with Gasteiger partial charge in [0.15, 0.2) is 0 Å². The van der Waals surface area contributed by atoms with Crippen LogP contribution in [0.2, 0.25) is 0 Å². The molecular formula is C18H18N4O4S. The number of carbonyl (C=O) groups excluding carboxylic acids is 3. The van der Waals surface area contributed by atoms with Gasteiger partial charge in [0.05, 0.1) is 30.7 Å². The van der Waals surface area contributed by atoms with Crippen molar-refractivity contribution in [3.8, 4) is 0 Å². The van der Waals surface area contributed by atoms with Gasteiger partial charge in [0.2, 0.25) is 0 Å². The predicted molar refractivity (Wildman–Crippen MR) is 102 cm³/mol. The van der Waals surface area contributed by atoms with Gasteiger partial charge in [-0.3, -0.25) is 14.4 Å². The van der Waals surface area contributed by atoms with E-state index in [0.717, 1.165) is 4.88 Å². The molecule has 1 aliphatic rings. The van der Waals surface area contributed by atoms with E-state index in [-0.39, 0.29) is 11.6 Å². The third-order valence-corrected chi connectivity index (χ3v) is 4.62. The summed E-state index contributed by atoms with van der Waals surface area (Å²) in [4.78, 5) is 39.2. The molecule has 0 atom stereocenters. The van der Waals surface area contributed by atoms with Crippen molar-refractivity contribution >= 4 is 41.0 Å². The normalized spacial score (nSPS) is 14.1. The Labute approximate surface area is 159 Å². The topological polar surface area (TPSA) is 100 Å². The van der Waals surface area contributed by atoms with Gasteiger partial charge in [-0.2, -0.15) is 5.10 Å². The highest BCUT2D eigenvalue weighted by molar-refractivity contribution is 7.11. The highest BCUT2D eigenvalue weighted by Crippen LogP contribution is 2.18. The quantitative estimate of drug-likeness (QED) is 0.470. The van der Waals surface area contributed by atoms with Gasteiger partial charge in [-0.05, 0) is 23.6 Å². The Hall–Kier alpha value is -3.04. The lowest BCUT2D eigenvalue weighted by molar-refractivity contribution is -0.136. The first-order valence-electron chi connectivity index (χ1n) is 8.29. The van der Waals surface area contributed by atoms with Gasteiger partial charge in [-0.25, -0.2) is 5.43 Å². The maximum absolute atomic E-state index is 12.7. The van der Waals surface area contributed by atoms with Gasteiger partial charge in [0.25, 0.3) is 5.91 Å². The molecule has 2 aromatic rings. The number of rotatable bonds is 4. The lowest BCUT2D eigenvalue weighted by Gasteiger charge is -2.27. The van der Waals surface area contributed by atoms with Crippen molar-refractivity contribution in [2.75, 3.05) is 31.6 Å². The fourth-order valence-corrected chi connectivity index (χ4v) is 3.05. The summed E-state index contributed by atoms with van der Waals surface area (Å²) < 4.78 is 5.25. The second-order valence-electron chi connectivity index (χ2n) is 5.62. The molecule has 1 aromatic carbocycles. The molecule has 9 heteroatoms. The molecule has 1 aromatic heterocycles. The van der Waals surface area contributed by atoms with Crippen LogP contribution in [0.1, 0.15) is 15.2 Å². The molecule has 140 valence electrons. The largest absolute Gasteiger partial charge is 0.378 e. The van der Waals surface area contributed by atoms with Crippen LogP contribution in [0.15, 0.2) is 46.9 Å². The van der Waals surface area contributed by atoms with Crippen molar-refractivity contribution in [2.45, 2.75) is 0 Å². The molecule has 0 bridgehead atoms. The molecule has 0 saturated carbocycles. The average molecular weight is 386 g/mol. The van der Waals surface area contributed by atoms with E-state index < -0.39 is 11.8 Å². The molecule has 1 saturated heterocycles. The number of hydrazone groups is 1. The molecule has 1 fully saturated rings. The zero-order valence-corrected chi connectivity index (χ0v) is 15.2. The number of amides is 3. The molecule has 3 amide bonds. The second kappa shape index (κ2) is 9.06. The maximum atomic E-state index is 12.7. The van der Waals surface area contributed by atoms with E-state index in [1.165, 1.54) is 17.6 Å². The first-order valence-corrected chi connectivity index (χ1v) is 9.17. The number of carbonyl (C=O) groups is 3. The van der Waals surface area contributed by atoms with Crippen LogP contribution >= 0.6 is 11.3 Å². The highest BCUT2D eigenvalue weighted by Gasteiger charge is 2.22. The van der Waals surface area contributed by atoms with E-state index in [0.29, 0.717) is 31.9 Å². The molecule has 0 radical (unpaired) electrons. The van der Waals surface area contributed by atoms with Gasteiger partial charge in [-0.15, -0.1) is 11.3 Å². The minimum atomic E-state index is -0.920. The smallest absolute Gasteiger partial charge is 0.329 e. The highest BCUT2D eigenvalue weighted by atomic mass is 32.1. The summed E-state index contributed by atoms with van der Waals surface area (Å²) in [6.45, 7) is 1.92. The van der Waals surface area contributed by atoms with Gasteiger partial charge in [0, 0.05) is 18.0 Å². The van der Waals surface area contributed by atoms with Gasteiger partial charge in [-0.1, -0.05) is 18.2 Å². The number of anilines is 1. The van der Waals surface area contributed by atoms with Gasteiger partial charge < -0.3 is 15.0 Å². The van der Waals surface area contributed by atoms with Crippen LogP contribution in [0.4, 0.5) is 5.69 Å². The summed E-state index contributed by atoms with van der Waals surface area (Å²) in [6.07, 6.45) is 1.45. The number of hydrogen-bond donors (Lipinski definition) is 2. The Morgan fingerprint density at radius 3 is 2.59 bits per heavy atom. The molecule has 27 heavy (non-hydrogen) atoms. The fourth-order valence-electron chi connectivity index (χ4n) is 2.46. The third kappa shape index (κ3) is 4.99. The standard InChI is InChI=1S/C18H18N4O4S/c23-16(17(24)21-19-12-13-4-3-11-27-13)20-15-6-2-1-5-14(15)18(25)22-7-9-26-10-8-22/h1-6,11-12H,7-10H2,(H,20,23)(H,21,24). The summed E-state index contributed by atoms with van der Waals surface area (Å²) in [5, 5.41) is 8.09. The van der Waals surface area contributed by atoms with Crippen molar-refractivity contribution in [1.82, 2.24) is 10.3 Å². The molecule has 8 nitrogen and oxygen atoms in total. The number of para-hydroxylation sites is 1. The molecule has 1 aliphatic heterocycles. The number of nitrogens with zero attached hydrogens (tertiary/aromatic N) is 2. The summed E-state index contributed by atoms with van der Waals surface area (Å²) in [5.41, 5.74) is 2.76. The summed E-state index contributed by atoms with van der Waals surface area (Å²) in [5.74, 6) is -2.04. The van der Waals surface area contributed by atoms with Crippen LogP contribution in [-0.4, -0.2) is 55.1 Å². The lowest BCUT2D eigenvalue weighted by atomic mass is 10.1. The van der Waals surface area contributed by atoms with Crippen molar-refractivity contribution in [3.63, 3.8) is 0 Å². The summed E-state index contributed by atoms with van der Waals surface area (Å²) in [6, 6.07) is 10.2. The van der Waals surface area contributed by atoms with Crippen LogP contribution in [0.25, 0.3) is 0 Å². The number of benzene rings is 1. The van der Waals surface area contributed by atoms with E-state index in [1.807, 2.05) is 17.5 Å². The molecule has 0 aliphatic carbocycles. The molecule has 2 heterocycles. The monoisotopic (exact) mass is 386 g/mol. The van der Waals surface area contributed by atoms with Crippen molar-refractivity contribution in [3.05, 3.63) is 52.2 Å². The lowest BCUT2D eigenvalue weighted by Crippen LogP contribution is -2.41. The van der Waals surface area contributed by atoms with Crippen LogP contribution in [0.5, 0.6) is 0 Å². The summed E-state index contributed by atoms with van der Waals surface area (Å²) in [7, 11) is 0. The molecule has 0 unspecified atom stereocenters. The van der Waals surface area contributed by atoms with Crippen molar-refractivity contribution in [2.24, 2.45) is 5.10 Å². The van der Waals surface area contributed by atoms with Crippen molar-refractivity contribution < 1.29 is 19.1 Å². The Balaban J connectivity index is 1.63. The Morgan fingerprint density at radius 1 is 1.07 bits per heavy atom. The zero-order chi connectivity index (χ0) is 19.1. The number of hydrogen-bond acceptors (Lipinski definition) is 6. The number of nitrogens with one attached hydrogen (secondary N) is 2. The van der Waals surface area contributed by atoms with E-state index in [1.54, 1.807) is 29.2 Å². The van der Waals surface area contributed by atoms with Gasteiger partial charge in [0.1, 0.15) is 0 Å². The second-order valence-corrected chi connectivity index (χ2v) is 6.60. The number of ether oxygens (including phenoxy) is 1. The minimum absolute atomic E-state index is 0.217. The number of thiophene rings is 1. The fraction of sp³-hybridized carbons (Fsp3) is 0.222. The van der Waals surface area contributed by atoms with Crippen molar-refractivity contribution in [1.29, 1.82) is 0 Å². The minimum Gasteiger partial charge on any atom is -0.378 e.